The molecule has 0 aliphatic heterocycles. The number of halogens is 3. The number of hydrogen-bond donors (Lipinski definition) is 0. The molecule has 0 aliphatic carbocycles. The molecule has 2 rings (SSSR count). The third kappa shape index (κ3) is 2.93. The quantitative estimate of drug-likeness (QED) is 0.572. The van der Waals surface area contributed by atoms with Gasteiger partial charge in [-0.2, -0.15) is 0 Å². The number of thiophene rings is 1. The number of nitrogens with zero attached hydrogens (tertiary/aromatic N) is 2. The van der Waals surface area contributed by atoms with E-state index in [1.165, 1.54) is 23.2 Å². The molecule has 2 heterocycles. The molecular formula is C10H5Cl2IN2O2S. The summed E-state index contributed by atoms with van der Waals surface area (Å²) in [5.41, 5.74) is 0.0776. The predicted molar refractivity (Wildman–Crippen MR) is 79.9 cm³/mol. The first-order valence-corrected chi connectivity index (χ1v) is 7.32. The maximum Gasteiger partial charge on any atom is 0.267 e. The van der Waals surface area contributed by atoms with Crippen molar-refractivity contribution in [2.75, 3.05) is 0 Å². The monoisotopic (exact) mass is 414 g/mol. The highest BCUT2D eigenvalue weighted by molar-refractivity contribution is 14.1. The van der Waals surface area contributed by atoms with Crippen LogP contribution in [0, 0.1) is 3.57 Å². The second-order valence-corrected chi connectivity index (χ2v) is 6.78. The number of hydrogen-bond acceptors (Lipinski definition) is 4. The molecule has 0 saturated heterocycles. The molecule has 2 aromatic rings. The third-order valence-electron chi connectivity index (χ3n) is 2.13. The van der Waals surface area contributed by atoms with Crippen LogP contribution in [0.5, 0.6) is 0 Å². The van der Waals surface area contributed by atoms with Crippen LogP contribution in [0.3, 0.4) is 0 Å². The molecule has 0 saturated carbocycles. The van der Waals surface area contributed by atoms with Crippen LogP contribution in [-0.2, 0) is 6.54 Å². The van der Waals surface area contributed by atoms with E-state index in [1.807, 2.05) is 22.6 Å². The molecule has 0 amide bonds. The Balaban J connectivity index is 2.30. The Bertz CT molecular complexity index is 668. The number of carbonyl (C=O) groups is 1. The summed E-state index contributed by atoms with van der Waals surface area (Å²) in [5, 5.41) is 0. The Morgan fingerprint density at radius 3 is 2.83 bits per heavy atom. The van der Waals surface area contributed by atoms with Crippen LogP contribution in [0.4, 0.5) is 0 Å². The Kier molecular flexibility index (Phi) is 4.41. The Morgan fingerprint density at radius 2 is 2.22 bits per heavy atom. The molecule has 0 unspecified atom stereocenters. The van der Waals surface area contributed by atoms with Gasteiger partial charge in [-0.1, -0.05) is 23.2 Å². The van der Waals surface area contributed by atoms with Gasteiger partial charge in [0.05, 0.1) is 26.3 Å². The zero-order valence-corrected chi connectivity index (χ0v) is 13.2. The lowest BCUT2D eigenvalue weighted by Crippen LogP contribution is -2.26. The van der Waals surface area contributed by atoms with Crippen molar-refractivity contribution in [1.82, 2.24) is 9.55 Å². The summed E-state index contributed by atoms with van der Waals surface area (Å²) >= 11 is 14.6. The van der Waals surface area contributed by atoms with Crippen molar-refractivity contribution in [2.45, 2.75) is 6.54 Å². The first kappa shape index (κ1) is 14.0. The SMILES string of the molecule is O=C(Cn1cncc(I)c1=O)c1cc(Cl)sc1Cl. The minimum absolute atomic E-state index is 0.102. The number of aromatic nitrogens is 2. The summed E-state index contributed by atoms with van der Waals surface area (Å²) in [7, 11) is 0. The van der Waals surface area contributed by atoms with E-state index < -0.39 is 0 Å². The topological polar surface area (TPSA) is 52.0 Å². The van der Waals surface area contributed by atoms with E-state index in [1.54, 1.807) is 0 Å². The standard InChI is InChI=1S/C10H5Cl2IN2O2S/c11-8-1-5(9(12)18-8)7(16)3-15-4-14-2-6(13)10(15)17/h1-2,4H,3H2. The van der Waals surface area contributed by atoms with Gasteiger partial charge in [-0.15, -0.1) is 11.3 Å². The van der Waals surface area contributed by atoms with Gasteiger partial charge in [-0.05, 0) is 28.7 Å². The first-order chi connectivity index (χ1) is 8.49. The molecule has 0 radical (unpaired) electrons. The second kappa shape index (κ2) is 5.68. The Labute approximate surface area is 130 Å². The highest BCUT2D eigenvalue weighted by atomic mass is 127. The molecular weight excluding hydrogens is 410 g/mol. The summed E-state index contributed by atoms with van der Waals surface area (Å²) in [5.74, 6) is -0.269. The lowest BCUT2D eigenvalue weighted by molar-refractivity contribution is 0.0971. The van der Waals surface area contributed by atoms with Crippen molar-refractivity contribution in [3.8, 4) is 0 Å². The van der Waals surface area contributed by atoms with Gasteiger partial charge >= 0.3 is 0 Å². The minimum atomic E-state index is -0.269. The molecule has 0 fully saturated rings. The lowest BCUT2D eigenvalue weighted by Gasteiger charge is -2.03. The van der Waals surface area contributed by atoms with Crippen molar-refractivity contribution in [3.63, 3.8) is 0 Å². The van der Waals surface area contributed by atoms with Crippen molar-refractivity contribution in [1.29, 1.82) is 0 Å². The van der Waals surface area contributed by atoms with E-state index in [0.29, 0.717) is 17.8 Å². The van der Waals surface area contributed by atoms with Gasteiger partial charge < -0.3 is 0 Å². The molecule has 0 N–H and O–H groups in total. The van der Waals surface area contributed by atoms with E-state index >= 15 is 0 Å². The zero-order chi connectivity index (χ0) is 13.3. The van der Waals surface area contributed by atoms with Gasteiger partial charge in [-0.25, -0.2) is 4.98 Å². The fourth-order valence-corrected chi connectivity index (χ4v) is 3.28. The van der Waals surface area contributed by atoms with E-state index in [0.717, 1.165) is 11.3 Å². The zero-order valence-electron chi connectivity index (χ0n) is 8.69. The van der Waals surface area contributed by atoms with E-state index in [9.17, 15) is 9.59 Å². The maximum absolute atomic E-state index is 12.0. The molecule has 94 valence electrons. The molecule has 0 spiro atoms. The van der Waals surface area contributed by atoms with Gasteiger partial charge in [0, 0.05) is 6.20 Å². The molecule has 0 aliphatic rings. The molecule has 2 aromatic heterocycles. The maximum atomic E-state index is 12.0. The number of Topliss-reactive ketones (excluding diaryl/α,β-unsaturated/α-hetero) is 1. The smallest absolute Gasteiger partial charge is 0.267 e. The van der Waals surface area contributed by atoms with Gasteiger partial charge in [0.2, 0.25) is 0 Å². The minimum Gasteiger partial charge on any atom is -0.292 e. The van der Waals surface area contributed by atoms with Gasteiger partial charge in [0.25, 0.3) is 5.56 Å². The van der Waals surface area contributed by atoms with Crippen LogP contribution in [0.25, 0.3) is 0 Å². The number of rotatable bonds is 3. The third-order valence-corrected chi connectivity index (χ3v) is 4.36. The summed E-state index contributed by atoms with van der Waals surface area (Å²) in [6.45, 7) is -0.102. The highest BCUT2D eigenvalue weighted by Crippen LogP contribution is 2.31. The first-order valence-electron chi connectivity index (χ1n) is 4.67. The van der Waals surface area contributed by atoms with Gasteiger partial charge in [0.15, 0.2) is 5.78 Å². The van der Waals surface area contributed by atoms with Crippen LogP contribution in [0.2, 0.25) is 8.67 Å². The largest absolute Gasteiger partial charge is 0.292 e. The van der Waals surface area contributed by atoms with Crippen LogP contribution in [-0.4, -0.2) is 15.3 Å². The predicted octanol–water partition coefficient (Wildman–Crippen LogP) is 3.10. The molecule has 8 heteroatoms. The van der Waals surface area contributed by atoms with Crippen LogP contribution in [0.15, 0.2) is 23.4 Å². The van der Waals surface area contributed by atoms with E-state index in [2.05, 4.69) is 4.98 Å². The summed E-state index contributed by atoms with van der Waals surface area (Å²) in [4.78, 5) is 27.6. The van der Waals surface area contributed by atoms with E-state index in [4.69, 9.17) is 23.2 Å². The van der Waals surface area contributed by atoms with Crippen LogP contribution >= 0.6 is 57.1 Å². The Morgan fingerprint density at radius 1 is 1.50 bits per heavy atom. The fourth-order valence-electron chi connectivity index (χ4n) is 1.31. The normalized spacial score (nSPS) is 10.6. The number of ketones is 1. The Hall–Kier alpha value is -0.440. The van der Waals surface area contributed by atoms with Crippen molar-refractivity contribution < 1.29 is 4.79 Å². The van der Waals surface area contributed by atoms with Gasteiger partial charge in [0.1, 0.15) is 4.34 Å². The fraction of sp³-hybridized carbons (Fsp3) is 0.100. The summed E-state index contributed by atoms with van der Waals surface area (Å²) in [6, 6.07) is 1.50. The molecule has 0 bridgehead atoms. The number of carbonyl (C=O) groups excluding carboxylic acids is 1. The summed E-state index contributed by atoms with van der Waals surface area (Å²) in [6.07, 6.45) is 2.77. The van der Waals surface area contributed by atoms with Crippen molar-refractivity contribution in [3.05, 3.63) is 46.8 Å². The van der Waals surface area contributed by atoms with E-state index in [-0.39, 0.29) is 17.9 Å². The van der Waals surface area contributed by atoms with Crippen molar-refractivity contribution >= 4 is 62.9 Å². The molecule has 4 nitrogen and oxygen atoms in total. The van der Waals surface area contributed by atoms with Crippen molar-refractivity contribution in [2.24, 2.45) is 0 Å². The highest BCUT2D eigenvalue weighted by Gasteiger charge is 2.15. The lowest BCUT2D eigenvalue weighted by atomic mass is 10.2. The van der Waals surface area contributed by atoms with Crippen LogP contribution < -0.4 is 5.56 Å². The van der Waals surface area contributed by atoms with Crippen LogP contribution in [0.1, 0.15) is 10.4 Å². The molecule has 0 aromatic carbocycles. The average molecular weight is 415 g/mol. The molecule has 0 atom stereocenters. The summed E-state index contributed by atoms with van der Waals surface area (Å²) < 4.78 is 2.47. The second-order valence-electron chi connectivity index (χ2n) is 3.34. The average Bonchev–Trinajstić information content (AvgIpc) is 2.64. The molecule has 18 heavy (non-hydrogen) atoms. The van der Waals surface area contributed by atoms with Gasteiger partial charge in [-0.3, -0.25) is 14.2 Å².